The number of carbonyl (C=O) groups excluding carboxylic acids is 1. The molecular weight excluding hydrogens is 510 g/mol. The van der Waals surface area contributed by atoms with Crippen molar-refractivity contribution >= 4 is 41.5 Å². The van der Waals surface area contributed by atoms with Gasteiger partial charge in [-0.05, 0) is 42.0 Å². The minimum Gasteiger partial charge on any atom is -0.457 e. The van der Waals surface area contributed by atoms with Crippen LogP contribution in [0.5, 0.6) is 11.5 Å². The van der Waals surface area contributed by atoms with Gasteiger partial charge >= 0.3 is 0 Å². The number of ether oxygens (including phenoxy) is 1. The van der Waals surface area contributed by atoms with Crippen molar-refractivity contribution in [1.82, 2.24) is 5.32 Å². The van der Waals surface area contributed by atoms with Crippen LogP contribution in [0.15, 0.2) is 83.9 Å². The molecule has 0 radical (unpaired) electrons. The molecule has 0 aliphatic heterocycles. The SMILES string of the molecule is I.NC(=NCCNC(=O)Cc1ccc(F)cc1)Nc1cccc(Oc2ccccc2)c1. The number of carbonyl (C=O) groups is 1. The maximum atomic E-state index is 12.9. The molecule has 3 rings (SSSR count). The molecule has 31 heavy (non-hydrogen) atoms. The summed E-state index contributed by atoms with van der Waals surface area (Å²) in [5.74, 6) is 1.17. The molecule has 0 heterocycles. The summed E-state index contributed by atoms with van der Waals surface area (Å²) in [4.78, 5) is 16.1. The zero-order chi connectivity index (χ0) is 21.2. The van der Waals surface area contributed by atoms with Gasteiger partial charge in [0.25, 0.3) is 0 Å². The maximum absolute atomic E-state index is 12.9. The van der Waals surface area contributed by atoms with E-state index < -0.39 is 0 Å². The smallest absolute Gasteiger partial charge is 0.224 e. The molecule has 0 aliphatic rings. The van der Waals surface area contributed by atoms with Gasteiger partial charge in [0.05, 0.1) is 13.0 Å². The number of para-hydroxylation sites is 1. The van der Waals surface area contributed by atoms with E-state index in [0.29, 0.717) is 18.8 Å². The average molecular weight is 534 g/mol. The number of rotatable bonds is 8. The van der Waals surface area contributed by atoms with E-state index in [0.717, 1.165) is 17.0 Å². The summed E-state index contributed by atoms with van der Waals surface area (Å²) in [7, 11) is 0. The number of aliphatic imine (C=N–C) groups is 1. The third kappa shape index (κ3) is 8.63. The highest BCUT2D eigenvalue weighted by molar-refractivity contribution is 14.0. The number of nitrogens with two attached hydrogens (primary N) is 1. The van der Waals surface area contributed by atoms with E-state index in [1.807, 2.05) is 54.6 Å². The van der Waals surface area contributed by atoms with Crippen LogP contribution in [0.1, 0.15) is 5.56 Å². The zero-order valence-electron chi connectivity index (χ0n) is 16.8. The quantitative estimate of drug-likeness (QED) is 0.174. The summed E-state index contributed by atoms with van der Waals surface area (Å²) in [5, 5.41) is 5.76. The molecule has 3 aromatic carbocycles. The highest BCUT2D eigenvalue weighted by Gasteiger charge is 2.03. The first-order valence-corrected chi connectivity index (χ1v) is 9.49. The van der Waals surface area contributed by atoms with Gasteiger partial charge in [0.2, 0.25) is 5.91 Å². The Balaban J connectivity index is 0.00000341. The number of nitrogens with one attached hydrogen (secondary N) is 2. The van der Waals surface area contributed by atoms with E-state index in [4.69, 9.17) is 10.5 Å². The molecule has 1 amide bonds. The number of guanidine groups is 1. The van der Waals surface area contributed by atoms with E-state index in [1.165, 1.54) is 12.1 Å². The highest BCUT2D eigenvalue weighted by atomic mass is 127. The first kappa shape index (κ1) is 24.1. The van der Waals surface area contributed by atoms with Crippen molar-refractivity contribution < 1.29 is 13.9 Å². The summed E-state index contributed by atoms with van der Waals surface area (Å²) in [6.45, 7) is 0.674. The van der Waals surface area contributed by atoms with Gasteiger partial charge in [0, 0.05) is 18.3 Å². The molecule has 0 atom stereocenters. The number of hydrogen-bond acceptors (Lipinski definition) is 3. The van der Waals surface area contributed by atoms with Crippen LogP contribution in [0.3, 0.4) is 0 Å². The lowest BCUT2D eigenvalue weighted by Gasteiger charge is -2.09. The lowest BCUT2D eigenvalue weighted by atomic mass is 10.1. The van der Waals surface area contributed by atoms with Crippen molar-refractivity contribution in [3.8, 4) is 11.5 Å². The lowest BCUT2D eigenvalue weighted by Crippen LogP contribution is -2.29. The Hall–Kier alpha value is -3.14. The van der Waals surface area contributed by atoms with Crippen LogP contribution in [0.2, 0.25) is 0 Å². The molecule has 6 nitrogen and oxygen atoms in total. The predicted molar refractivity (Wildman–Crippen MR) is 132 cm³/mol. The van der Waals surface area contributed by atoms with E-state index in [1.54, 1.807) is 12.1 Å². The van der Waals surface area contributed by atoms with Gasteiger partial charge in [-0.15, -0.1) is 24.0 Å². The molecular formula is C23H24FIN4O2. The second-order valence-corrected chi connectivity index (χ2v) is 6.49. The second kappa shape index (κ2) is 12.5. The molecule has 4 N–H and O–H groups in total. The summed E-state index contributed by atoms with van der Waals surface area (Å²) < 4.78 is 18.7. The van der Waals surface area contributed by atoms with Gasteiger partial charge in [-0.3, -0.25) is 9.79 Å². The van der Waals surface area contributed by atoms with Gasteiger partial charge in [-0.1, -0.05) is 36.4 Å². The standard InChI is InChI=1S/C23H23FN4O2.HI/c24-18-11-9-17(10-12-18)15-22(29)26-13-14-27-23(25)28-19-5-4-8-21(16-19)30-20-6-2-1-3-7-20;/h1-12,16H,13-15H2,(H,26,29)(H3,25,27,28);1H. The highest BCUT2D eigenvalue weighted by Crippen LogP contribution is 2.23. The number of benzene rings is 3. The van der Waals surface area contributed by atoms with Crippen molar-refractivity contribution in [3.05, 3.63) is 90.2 Å². The maximum Gasteiger partial charge on any atom is 0.224 e. The summed E-state index contributed by atoms with van der Waals surface area (Å²) in [6.07, 6.45) is 0.186. The van der Waals surface area contributed by atoms with Crippen molar-refractivity contribution in [2.75, 3.05) is 18.4 Å². The van der Waals surface area contributed by atoms with Gasteiger partial charge in [0.15, 0.2) is 5.96 Å². The predicted octanol–water partition coefficient (Wildman–Crippen LogP) is 4.32. The molecule has 0 aliphatic carbocycles. The average Bonchev–Trinajstić information content (AvgIpc) is 2.74. The van der Waals surface area contributed by atoms with Crippen LogP contribution in [0, 0.1) is 5.82 Å². The summed E-state index contributed by atoms with van der Waals surface area (Å²) >= 11 is 0. The van der Waals surface area contributed by atoms with Crippen molar-refractivity contribution in [2.45, 2.75) is 6.42 Å². The molecule has 0 saturated heterocycles. The molecule has 162 valence electrons. The second-order valence-electron chi connectivity index (χ2n) is 6.49. The van der Waals surface area contributed by atoms with Crippen LogP contribution >= 0.6 is 24.0 Å². The molecule has 0 bridgehead atoms. The fourth-order valence-corrected chi connectivity index (χ4v) is 2.67. The minimum absolute atomic E-state index is 0. The number of anilines is 1. The number of amides is 1. The fraction of sp³-hybridized carbons (Fsp3) is 0.130. The monoisotopic (exact) mass is 534 g/mol. The molecule has 0 unspecified atom stereocenters. The van der Waals surface area contributed by atoms with E-state index in [9.17, 15) is 9.18 Å². The van der Waals surface area contributed by atoms with Crippen molar-refractivity contribution in [3.63, 3.8) is 0 Å². The van der Waals surface area contributed by atoms with Gasteiger partial charge in [-0.2, -0.15) is 0 Å². The molecule has 0 saturated carbocycles. The number of halogens is 2. The zero-order valence-corrected chi connectivity index (χ0v) is 19.1. The van der Waals surface area contributed by atoms with Crippen LogP contribution in [0.4, 0.5) is 10.1 Å². The first-order valence-electron chi connectivity index (χ1n) is 9.49. The Morgan fingerprint density at radius 2 is 1.68 bits per heavy atom. The topological polar surface area (TPSA) is 88.7 Å². The van der Waals surface area contributed by atoms with Gasteiger partial charge in [-0.25, -0.2) is 4.39 Å². The van der Waals surface area contributed by atoms with E-state index >= 15 is 0 Å². The third-order valence-corrected chi connectivity index (χ3v) is 4.08. The molecule has 8 heteroatoms. The van der Waals surface area contributed by atoms with E-state index in [2.05, 4.69) is 15.6 Å². The lowest BCUT2D eigenvalue weighted by molar-refractivity contribution is -0.120. The fourth-order valence-electron chi connectivity index (χ4n) is 2.67. The summed E-state index contributed by atoms with van der Waals surface area (Å²) in [5.41, 5.74) is 7.40. The Bertz CT molecular complexity index is 998. The van der Waals surface area contributed by atoms with Gasteiger partial charge in [0.1, 0.15) is 17.3 Å². The van der Waals surface area contributed by atoms with Crippen LogP contribution < -0.4 is 21.1 Å². The Labute approximate surface area is 197 Å². The summed E-state index contributed by atoms with van der Waals surface area (Å²) in [6, 6.07) is 22.7. The molecule has 0 spiro atoms. The molecule has 0 fully saturated rings. The van der Waals surface area contributed by atoms with Crippen molar-refractivity contribution in [1.29, 1.82) is 0 Å². The van der Waals surface area contributed by atoms with Crippen LogP contribution in [0.25, 0.3) is 0 Å². The van der Waals surface area contributed by atoms with Crippen molar-refractivity contribution in [2.24, 2.45) is 10.7 Å². The Morgan fingerprint density at radius 1 is 0.968 bits per heavy atom. The van der Waals surface area contributed by atoms with Crippen LogP contribution in [-0.2, 0) is 11.2 Å². The minimum atomic E-state index is -0.325. The van der Waals surface area contributed by atoms with Crippen LogP contribution in [-0.4, -0.2) is 25.0 Å². The first-order chi connectivity index (χ1) is 14.6. The normalized spacial score (nSPS) is 10.7. The van der Waals surface area contributed by atoms with E-state index in [-0.39, 0.29) is 48.1 Å². The largest absolute Gasteiger partial charge is 0.457 e. The molecule has 3 aromatic rings. The number of nitrogens with zero attached hydrogens (tertiary/aromatic N) is 1. The number of hydrogen-bond donors (Lipinski definition) is 3. The van der Waals surface area contributed by atoms with Gasteiger partial charge < -0.3 is 21.1 Å². The Kier molecular flexibility index (Phi) is 9.76. The molecule has 0 aromatic heterocycles. The Morgan fingerprint density at radius 3 is 2.42 bits per heavy atom. The third-order valence-electron chi connectivity index (χ3n) is 4.08.